The van der Waals surface area contributed by atoms with Crippen LogP contribution in [-0.2, 0) is 20.7 Å². The van der Waals surface area contributed by atoms with Crippen molar-refractivity contribution in [3.8, 4) is 0 Å². The Kier molecular flexibility index (Phi) is 8.14. The van der Waals surface area contributed by atoms with Crippen molar-refractivity contribution in [2.75, 3.05) is 56.0 Å². The number of urea groups is 1. The SMILES string of the molecule is CC(=O)OC(C)(C)C(=O)N1CCN(C(=O)c2ccnc(N3CCC(N4CCc5ccccc5NC4=O)CC3)c2)CC1.[HH]. The van der Waals surface area contributed by atoms with Gasteiger partial charge in [-0.05, 0) is 56.9 Å². The van der Waals surface area contributed by atoms with Gasteiger partial charge in [-0.1, -0.05) is 18.2 Å². The smallest absolute Gasteiger partial charge is 0.322 e. The van der Waals surface area contributed by atoms with Gasteiger partial charge < -0.3 is 29.7 Å². The molecule has 0 atom stereocenters. The van der Waals surface area contributed by atoms with Gasteiger partial charge in [-0.25, -0.2) is 9.78 Å². The molecule has 4 amide bonds. The summed E-state index contributed by atoms with van der Waals surface area (Å²) in [5.74, 6) is -0.125. The van der Waals surface area contributed by atoms with Crippen LogP contribution in [0.4, 0.5) is 16.3 Å². The number of nitrogens with zero attached hydrogens (tertiary/aromatic N) is 5. The molecule has 2 saturated heterocycles. The zero-order valence-corrected chi connectivity index (χ0v) is 24.0. The van der Waals surface area contributed by atoms with E-state index in [9.17, 15) is 19.2 Å². The normalized spacial score (nSPS) is 18.4. The first-order chi connectivity index (χ1) is 19.6. The van der Waals surface area contributed by atoms with Gasteiger partial charge in [-0.3, -0.25) is 14.4 Å². The molecular weight excluding hydrogens is 524 g/mol. The molecule has 5 rings (SSSR count). The molecule has 1 aromatic carbocycles. The maximum Gasteiger partial charge on any atom is 0.322 e. The number of piperidine rings is 1. The minimum atomic E-state index is -1.24. The lowest BCUT2D eigenvalue weighted by Gasteiger charge is -2.39. The van der Waals surface area contributed by atoms with Crippen LogP contribution in [-0.4, -0.2) is 101 Å². The molecule has 11 nitrogen and oxygen atoms in total. The zero-order valence-electron chi connectivity index (χ0n) is 24.0. The Morgan fingerprint density at radius 3 is 2.37 bits per heavy atom. The summed E-state index contributed by atoms with van der Waals surface area (Å²) in [4.78, 5) is 62.5. The van der Waals surface area contributed by atoms with E-state index in [1.165, 1.54) is 6.92 Å². The van der Waals surface area contributed by atoms with Gasteiger partial charge in [0, 0.05) is 77.7 Å². The second-order valence-corrected chi connectivity index (χ2v) is 11.3. The monoisotopic (exact) mass is 564 g/mol. The molecule has 4 heterocycles. The molecule has 0 saturated carbocycles. The Balaban J connectivity index is 0.00000405. The quantitative estimate of drug-likeness (QED) is 0.555. The fraction of sp³-hybridized carbons (Fsp3) is 0.500. The molecule has 0 radical (unpaired) electrons. The van der Waals surface area contributed by atoms with Crippen molar-refractivity contribution in [1.29, 1.82) is 0 Å². The third kappa shape index (κ3) is 6.28. The van der Waals surface area contributed by atoms with Crippen molar-refractivity contribution >= 4 is 35.3 Å². The molecule has 0 spiro atoms. The van der Waals surface area contributed by atoms with Crippen LogP contribution in [0, 0.1) is 0 Å². The van der Waals surface area contributed by atoms with Gasteiger partial charge in [0.25, 0.3) is 11.8 Å². The summed E-state index contributed by atoms with van der Waals surface area (Å²) >= 11 is 0. The number of hydrogen-bond donors (Lipinski definition) is 1. The number of pyridine rings is 1. The first-order valence-electron chi connectivity index (χ1n) is 14.3. The predicted molar refractivity (Wildman–Crippen MR) is 156 cm³/mol. The average Bonchev–Trinajstić information content (AvgIpc) is 3.14. The van der Waals surface area contributed by atoms with Crippen LogP contribution in [0.1, 0.15) is 51.0 Å². The van der Waals surface area contributed by atoms with E-state index < -0.39 is 11.6 Å². The van der Waals surface area contributed by atoms with Gasteiger partial charge in [0.05, 0.1) is 0 Å². The highest BCUT2D eigenvalue weighted by molar-refractivity contribution is 5.95. The molecule has 0 bridgehead atoms. The number of carbonyl (C=O) groups is 4. The van der Waals surface area contributed by atoms with E-state index in [0.29, 0.717) is 38.3 Å². The molecule has 3 aliphatic rings. The van der Waals surface area contributed by atoms with Crippen molar-refractivity contribution < 1.29 is 25.3 Å². The Morgan fingerprint density at radius 2 is 1.66 bits per heavy atom. The number of rotatable bonds is 5. The van der Waals surface area contributed by atoms with E-state index in [0.717, 1.165) is 49.4 Å². The van der Waals surface area contributed by atoms with E-state index in [-0.39, 0.29) is 25.3 Å². The number of para-hydroxylation sites is 1. The van der Waals surface area contributed by atoms with Crippen molar-refractivity contribution in [2.45, 2.75) is 51.7 Å². The molecule has 0 aliphatic carbocycles. The topological polar surface area (TPSA) is 115 Å². The van der Waals surface area contributed by atoms with Gasteiger partial charge in [0.15, 0.2) is 5.60 Å². The number of aromatic nitrogens is 1. The summed E-state index contributed by atoms with van der Waals surface area (Å²) in [6, 6.07) is 11.6. The third-order valence-electron chi connectivity index (χ3n) is 8.13. The lowest BCUT2D eigenvalue weighted by Crippen LogP contribution is -2.56. The fourth-order valence-corrected chi connectivity index (χ4v) is 5.95. The standard InChI is InChI=1S/C30H38N6O5.H2/c1-21(37)41-30(2,3)28(39)35-18-16-34(17-19-35)27(38)23-8-12-31-26(20-23)33-13-10-24(11-14-33)36-15-9-22-6-4-5-7-25(22)32-29(36)40;/h4-8,12,20,24H,9-11,13-19H2,1-3H3,(H,32,40);1H. The van der Waals surface area contributed by atoms with Crippen LogP contribution in [0.15, 0.2) is 42.6 Å². The van der Waals surface area contributed by atoms with E-state index in [1.807, 2.05) is 29.2 Å². The van der Waals surface area contributed by atoms with Crippen molar-refractivity contribution in [2.24, 2.45) is 0 Å². The number of esters is 1. The second-order valence-electron chi connectivity index (χ2n) is 11.3. The van der Waals surface area contributed by atoms with Gasteiger partial charge in [-0.15, -0.1) is 0 Å². The van der Waals surface area contributed by atoms with E-state index in [2.05, 4.69) is 21.3 Å². The summed E-state index contributed by atoms with van der Waals surface area (Å²) in [6.45, 7) is 8.15. The maximum absolute atomic E-state index is 13.3. The first kappa shape index (κ1) is 28.4. The molecule has 2 fully saturated rings. The minimum Gasteiger partial charge on any atom is -0.450 e. The number of hydrogen-bond acceptors (Lipinski definition) is 7. The average molecular weight is 565 g/mol. The molecule has 3 aliphatic heterocycles. The second kappa shape index (κ2) is 11.8. The highest BCUT2D eigenvalue weighted by Gasteiger charge is 2.37. The Labute approximate surface area is 241 Å². The maximum atomic E-state index is 13.3. The Hall–Kier alpha value is -4.15. The number of piperazine rings is 1. The van der Waals surface area contributed by atoms with Crippen LogP contribution in [0.5, 0.6) is 0 Å². The van der Waals surface area contributed by atoms with Gasteiger partial charge in [0.1, 0.15) is 5.82 Å². The van der Waals surface area contributed by atoms with Gasteiger partial charge in [-0.2, -0.15) is 0 Å². The molecular formula is C30H40N6O5. The molecule has 1 N–H and O–H groups in total. The third-order valence-corrected chi connectivity index (χ3v) is 8.13. The van der Waals surface area contributed by atoms with Crippen molar-refractivity contribution in [3.05, 3.63) is 53.7 Å². The first-order valence-corrected chi connectivity index (χ1v) is 14.3. The number of carbonyl (C=O) groups excluding carboxylic acids is 4. The van der Waals surface area contributed by atoms with Crippen LogP contribution in [0.25, 0.3) is 0 Å². The summed E-state index contributed by atoms with van der Waals surface area (Å²) in [7, 11) is 0. The molecule has 41 heavy (non-hydrogen) atoms. The highest BCUT2D eigenvalue weighted by atomic mass is 16.6. The Morgan fingerprint density at radius 1 is 0.976 bits per heavy atom. The number of fused-ring (bicyclic) bond motifs is 1. The Bertz CT molecular complexity index is 1320. The lowest BCUT2D eigenvalue weighted by atomic mass is 10.0. The molecule has 1 aromatic heterocycles. The summed E-state index contributed by atoms with van der Waals surface area (Å²) < 4.78 is 5.19. The predicted octanol–water partition coefficient (Wildman–Crippen LogP) is 3.01. The van der Waals surface area contributed by atoms with E-state index in [4.69, 9.17) is 4.74 Å². The molecule has 2 aromatic rings. The van der Waals surface area contributed by atoms with Crippen LogP contribution >= 0.6 is 0 Å². The van der Waals surface area contributed by atoms with Gasteiger partial charge >= 0.3 is 12.0 Å². The number of ether oxygens (including phenoxy) is 1. The number of benzene rings is 1. The molecule has 11 heteroatoms. The molecule has 220 valence electrons. The van der Waals surface area contributed by atoms with Crippen LogP contribution < -0.4 is 10.2 Å². The van der Waals surface area contributed by atoms with E-state index in [1.54, 1.807) is 35.9 Å². The minimum absolute atomic E-state index is 0. The number of amides is 4. The van der Waals surface area contributed by atoms with Crippen molar-refractivity contribution in [3.63, 3.8) is 0 Å². The summed E-state index contributed by atoms with van der Waals surface area (Å²) in [5.41, 5.74) is 1.36. The van der Waals surface area contributed by atoms with Crippen LogP contribution in [0.2, 0.25) is 0 Å². The van der Waals surface area contributed by atoms with Crippen LogP contribution in [0.3, 0.4) is 0 Å². The molecule has 0 unspecified atom stereocenters. The lowest BCUT2D eigenvalue weighted by molar-refractivity contribution is -0.169. The zero-order chi connectivity index (χ0) is 29.1. The summed E-state index contributed by atoms with van der Waals surface area (Å²) in [5, 5.41) is 3.06. The fourth-order valence-electron chi connectivity index (χ4n) is 5.95. The van der Waals surface area contributed by atoms with Crippen molar-refractivity contribution in [1.82, 2.24) is 19.7 Å². The number of anilines is 2. The number of nitrogens with one attached hydrogen (secondary N) is 1. The van der Waals surface area contributed by atoms with E-state index >= 15 is 0 Å². The van der Waals surface area contributed by atoms with Gasteiger partial charge in [0.2, 0.25) is 0 Å². The largest absolute Gasteiger partial charge is 0.450 e. The summed E-state index contributed by atoms with van der Waals surface area (Å²) in [6.07, 6.45) is 4.13. The highest BCUT2D eigenvalue weighted by Crippen LogP contribution is 2.26.